The molecular weight excluding hydrogens is 348 g/mol. The fraction of sp³-hybridized carbons (Fsp3) is 0.850. The molecule has 0 aromatic carbocycles. The summed E-state index contributed by atoms with van der Waals surface area (Å²) in [5.74, 6) is 0.682. The van der Waals surface area contributed by atoms with Crippen molar-refractivity contribution in [2.24, 2.45) is 11.8 Å². The van der Waals surface area contributed by atoms with Crippen LogP contribution in [0.3, 0.4) is 0 Å². The van der Waals surface area contributed by atoms with E-state index < -0.39 is 23.9 Å². The van der Waals surface area contributed by atoms with Crippen LogP contribution in [-0.4, -0.2) is 48.0 Å². The summed E-state index contributed by atoms with van der Waals surface area (Å²) in [5, 5.41) is 0. The molecule has 0 N–H and O–H groups in total. The van der Waals surface area contributed by atoms with Gasteiger partial charge in [0, 0.05) is 13.1 Å². The Labute approximate surface area is 162 Å². The average molecular weight is 381 g/mol. The van der Waals surface area contributed by atoms with Gasteiger partial charge in [-0.3, -0.25) is 0 Å². The van der Waals surface area contributed by atoms with Crippen LogP contribution in [0, 0.1) is 11.8 Å². The first-order chi connectivity index (χ1) is 12.3. The summed E-state index contributed by atoms with van der Waals surface area (Å²) >= 11 is 0. The van der Waals surface area contributed by atoms with Crippen molar-refractivity contribution in [3.8, 4) is 0 Å². The third-order valence-electron chi connectivity index (χ3n) is 6.35. The molecule has 1 aliphatic carbocycles. The van der Waals surface area contributed by atoms with Gasteiger partial charge in [0.1, 0.15) is 11.3 Å². The number of amides is 1. The van der Waals surface area contributed by atoms with Crippen molar-refractivity contribution < 1.29 is 23.2 Å². The summed E-state index contributed by atoms with van der Waals surface area (Å²) in [7, 11) is -0.926. The van der Waals surface area contributed by atoms with Crippen LogP contribution >= 0.6 is 0 Å². The zero-order valence-corrected chi connectivity index (χ0v) is 17.7. The Morgan fingerprint density at radius 1 is 1.15 bits per heavy atom. The molecule has 0 aromatic rings. The number of likely N-dealkylation sites (tertiary alicyclic amines) is 1. The molecule has 7 heteroatoms. The highest BCUT2D eigenvalue weighted by molar-refractivity contribution is 6.53. The third-order valence-corrected chi connectivity index (χ3v) is 6.35. The molecule has 2 saturated heterocycles. The molecule has 2 unspecified atom stereocenters. The van der Waals surface area contributed by atoms with Crippen LogP contribution in [0.4, 0.5) is 9.18 Å². The van der Waals surface area contributed by atoms with Gasteiger partial charge in [0.05, 0.1) is 11.2 Å². The van der Waals surface area contributed by atoms with Crippen molar-refractivity contribution in [1.82, 2.24) is 4.90 Å². The number of halogens is 1. The molecule has 0 spiro atoms. The van der Waals surface area contributed by atoms with Crippen molar-refractivity contribution >= 4 is 13.2 Å². The van der Waals surface area contributed by atoms with Gasteiger partial charge in [-0.05, 0) is 85.1 Å². The Hall–Kier alpha value is -1.08. The summed E-state index contributed by atoms with van der Waals surface area (Å²) in [5.41, 5.74) is -1.09. The highest BCUT2D eigenvalue weighted by Crippen LogP contribution is 2.44. The van der Waals surface area contributed by atoms with Gasteiger partial charge in [-0.25, -0.2) is 9.18 Å². The first kappa shape index (κ1) is 20.7. The van der Waals surface area contributed by atoms with E-state index >= 15 is 4.39 Å². The van der Waals surface area contributed by atoms with Gasteiger partial charge in [0.15, 0.2) is 0 Å². The minimum Gasteiger partial charge on any atom is -0.444 e. The van der Waals surface area contributed by atoms with Crippen molar-refractivity contribution in [2.75, 3.05) is 13.1 Å². The van der Waals surface area contributed by atoms with E-state index in [-0.39, 0.29) is 17.7 Å². The second-order valence-electron chi connectivity index (χ2n) is 10.2. The van der Waals surface area contributed by atoms with E-state index in [0.717, 1.165) is 12.0 Å². The van der Waals surface area contributed by atoms with Crippen molar-refractivity contribution in [3.63, 3.8) is 0 Å². The number of hydrogen-bond donors (Lipinski definition) is 0. The number of ether oxygens (including phenoxy) is 1. The number of fused-ring (bicyclic) bond motifs is 1. The molecule has 3 aliphatic rings. The first-order valence-electron chi connectivity index (χ1n) is 10.00. The van der Waals surface area contributed by atoms with E-state index in [1.807, 2.05) is 48.5 Å². The molecule has 1 saturated carbocycles. The first-order valence-corrected chi connectivity index (χ1v) is 10.00. The molecule has 3 fully saturated rings. The van der Waals surface area contributed by atoms with Gasteiger partial charge in [-0.15, -0.1) is 0 Å². The molecule has 152 valence electrons. The maximum Gasteiger partial charge on any atom is 0.525 e. The van der Waals surface area contributed by atoms with Crippen LogP contribution in [0.2, 0.25) is 0 Å². The monoisotopic (exact) mass is 381 g/mol. The lowest BCUT2D eigenvalue weighted by Crippen LogP contribution is -2.41. The van der Waals surface area contributed by atoms with Gasteiger partial charge in [-0.2, -0.15) is 0 Å². The maximum absolute atomic E-state index is 15.1. The molecule has 5 nitrogen and oxygen atoms in total. The zero-order chi connectivity index (χ0) is 20.2. The number of carbonyl (C=O) groups is 1. The van der Waals surface area contributed by atoms with E-state index in [2.05, 4.69) is 0 Å². The Balaban J connectivity index is 1.66. The van der Waals surface area contributed by atoms with Crippen LogP contribution in [0.5, 0.6) is 0 Å². The van der Waals surface area contributed by atoms with Crippen LogP contribution in [0.1, 0.15) is 67.7 Å². The summed E-state index contributed by atoms with van der Waals surface area (Å²) in [4.78, 5) is 14.1. The Morgan fingerprint density at radius 2 is 1.70 bits per heavy atom. The molecular formula is C20H33BFNO4. The van der Waals surface area contributed by atoms with Crippen molar-refractivity contribution in [3.05, 3.63) is 11.3 Å². The smallest absolute Gasteiger partial charge is 0.444 e. The largest absolute Gasteiger partial charge is 0.525 e. The Bertz CT molecular complexity index is 624. The summed E-state index contributed by atoms with van der Waals surface area (Å²) < 4.78 is 32.4. The van der Waals surface area contributed by atoms with Crippen molar-refractivity contribution in [2.45, 2.75) is 84.5 Å². The minimum atomic E-state index is -0.926. The molecule has 0 aromatic heterocycles. The fourth-order valence-electron chi connectivity index (χ4n) is 4.08. The fourth-order valence-corrected chi connectivity index (χ4v) is 4.08. The molecule has 27 heavy (non-hydrogen) atoms. The maximum atomic E-state index is 15.1. The molecule has 0 radical (unpaired) electrons. The molecule has 3 rings (SSSR count). The topological polar surface area (TPSA) is 48.0 Å². The number of rotatable bonds is 1. The lowest BCUT2D eigenvalue weighted by molar-refractivity contribution is 0.00578. The lowest BCUT2D eigenvalue weighted by atomic mass is 9.74. The normalized spacial score (nSPS) is 31.7. The predicted molar refractivity (Wildman–Crippen MR) is 103 cm³/mol. The SMILES string of the molecule is CC(C)(C)OC(=O)N1CC2CCC(=C(F)B3OC(C)(C)C(C)(C)O3)CC2C1. The summed E-state index contributed by atoms with van der Waals surface area (Å²) in [6.45, 7) is 14.6. The van der Waals surface area contributed by atoms with E-state index in [1.54, 1.807) is 4.90 Å². The Morgan fingerprint density at radius 3 is 2.26 bits per heavy atom. The number of hydrogen-bond acceptors (Lipinski definition) is 4. The number of carbonyl (C=O) groups excluding carboxylic acids is 1. The molecule has 2 atom stereocenters. The van der Waals surface area contributed by atoms with Gasteiger partial charge in [0.25, 0.3) is 0 Å². The lowest BCUT2D eigenvalue weighted by Gasteiger charge is -2.32. The molecule has 0 bridgehead atoms. The van der Waals surface area contributed by atoms with Crippen LogP contribution in [0.15, 0.2) is 11.3 Å². The second kappa shape index (κ2) is 6.76. The standard InChI is InChI=1S/C20H33BFNO4/c1-18(2,3)25-17(24)23-11-14-9-8-13(10-15(14)12-23)16(22)21-26-19(4,5)20(6,7)27-21/h14-15H,8-12H2,1-7H3. The van der Waals surface area contributed by atoms with E-state index in [9.17, 15) is 4.79 Å². The van der Waals surface area contributed by atoms with Crippen LogP contribution in [0.25, 0.3) is 0 Å². The summed E-state index contributed by atoms with van der Waals surface area (Å²) in [6.07, 6.45) is 1.96. The highest BCUT2D eigenvalue weighted by Gasteiger charge is 2.54. The van der Waals surface area contributed by atoms with Crippen molar-refractivity contribution in [1.29, 1.82) is 0 Å². The van der Waals surface area contributed by atoms with Crippen LogP contribution in [-0.2, 0) is 14.0 Å². The van der Waals surface area contributed by atoms with E-state index in [4.69, 9.17) is 14.0 Å². The average Bonchev–Trinajstić information content (AvgIpc) is 3.02. The minimum absolute atomic E-state index is 0.270. The van der Waals surface area contributed by atoms with E-state index in [0.29, 0.717) is 31.8 Å². The van der Waals surface area contributed by atoms with Crippen LogP contribution < -0.4 is 0 Å². The van der Waals surface area contributed by atoms with E-state index in [1.165, 1.54) is 0 Å². The molecule has 2 heterocycles. The highest BCUT2D eigenvalue weighted by atomic mass is 19.1. The predicted octanol–water partition coefficient (Wildman–Crippen LogP) is 4.51. The molecule has 1 amide bonds. The third kappa shape index (κ3) is 4.19. The van der Waals surface area contributed by atoms with Gasteiger partial charge in [-0.1, -0.05) is 0 Å². The zero-order valence-electron chi connectivity index (χ0n) is 17.7. The van der Waals surface area contributed by atoms with Gasteiger partial charge < -0.3 is 18.9 Å². The summed E-state index contributed by atoms with van der Waals surface area (Å²) in [6, 6.07) is 0. The number of nitrogens with zero attached hydrogens (tertiary/aromatic N) is 1. The number of allylic oxidation sites excluding steroid dienone is 1. The van der Waals surface area contributed by atoms with Gasteiger partial charge >= 0.3 is 13.2 Å². The second-order valence-corrected chi connectivity index (χ2v) is 10.2. The molecule has 2 aliphatic heterocycles. The quantitative estimate of drug-likeness (QED) is 0.627. The Kier molecular flexibility index (Phi) is 5.17. The van der Waals surface area contributed by atoms with Gasteiger partial charge in [0.2, 0.25) is 0 Å².